The normalized spacial score (nSPS) is 17.3. The van der Waals surface area contributed by atoms with E-state index in [0.717, 1.165) is 30.5 Å². The molecule has 1 saturated heterocycles. The zero-order valence-electron chi connectivity index (χ0n) is 16.3. The molecule has 2 heterocycles. The number of halogens is 2. The van der Waals surface area contributed by atoms with Crippen LogP contribution in [0.25, 0.3) is 6.08 Å². The van der Waals surface area contributed by atoms with Crippen LogP contribution in [-0.2, 0) is 0 Å². The molecule has 1 aromatic carbocycles. The molecule has 3 rings (SSSR count). The summed E-state index contributed by atoms with van der Waals surface area (Å²) in [5, 5.41) is 0.905. The van der Waals surface area contributed by atoms with Gasteiger partial charge in [0, 0.05) is 41.4 Å². The maximum atomic E-state index is 13.4. The lowest BCUT2D eigenvalue weighted by atomic mass is 9.97. The lowest BCUT2D eigenvalue weighted by molar-refractivity contribution is 0.0653. The number of nitrogens with one attached hydrogen (secondary N) is 1. The number of piperidine rings is 1. The molecular formula is C20H23Cl2N5OS. The number of hydrogen-bond acceptors (Lipinski definition) is 6. The Kier molecular flexibility index (Phi) is 7.27. The lowest BCUT2D eigenvalue weighted by Crippen LogP contribution is -2.46. The number of amides is 1. The second-order valence-electron chi connectivity index (χ2n) is 6.85. The topological polar surface area (TPSA) is 84.1 Å². The predicted octanol–water partition coefficient (Wildman–Crippen LogP) is 4.78. The van der Waals surface area contributed by atoms with Crippen molar-refractivity contribution in [2.24, 2.45) is 5.73 Å². The highest BCUT2D eigenvalue weighted by molar-refractivity contribution is 7.99. The van der Waals surface area contributed by atoms with Gasteiger partial charge < -0.3 is 15.4 Å². The van der Waals surface area contributed by atoms with Gasteiger partial charge in [0.15, 0.2) is 5.82 Å². The number of nitrogens with zero attached hydrogens (tertiary/aromatic N) is 3. The van der Waals surface area contributed by atoms with Gasteiger partial charge in [0.25, 0.3) is 5.91 Å². The molecule has 0 bridgehead atoms. The van der Waals surface area contributed by atoms with Crippen LogP contribution in [0.5, 0.6) is 0 Å². The maximum Gasteiger partial charge on any atom is 0.256 e. The molecule has 9 heteroatoms. The number of rotatable bonds is 5. The Morgan fingerprint density at radius 3 is 2.90 bits per heavy atom. The molecule has 0 spiro atoms. The molecule has 0 saturated carbocycles. The highest BCUT2D eigenvalue weighted by Crippen LogP contribution is 2.29. The van der Waals surface area contributed by atoms with E-state index in [9.17, 15) is 4.79 Å². The van der Waals surface area contributed by atoms with Crippen molar-refractivity contribution < 1.29 is 4.79 Å². The summed E-state index contributed by atoms with van der Waals surface area (Å²) in [6.07, 6.45) is 7.95. The summed E-state index contributed by atoms with van der Waals surface area (Å²) in [5.41, 5.74) is 9.00. The lowest BCUT2D eigenvalue weighted by Gasteiger charge is -2.36. The standard InChI is InChI=1S/C20H23Cl2N5OS/c1-12-11-24-18(25-19(12)22)10-15(23)17-5-3-4-8-27(17)20(28)14-9-13(21)6-7-16(14)26-29-2/h6-7,9-11,17,26H,3-5,8,23H2,1-2H3/t17-/m0/s1. The van der Waals surface area contributed by atoms with Crippen LogP contribution in [0.1, 0.15) is 41.0 Å². The van der Waals surface area contributed by atoms with Gasteiger partial charge in [-0.1, -0.05) is 35.1 Å². The van der Waals surface area contributed by atoms with E-state index >= 15 is 0 Å². The van der Waals surface area contributed by atoms with E-state index in [0.29, 0.717) is 33.8 Å². The number of carbonyl (C=O) groups excluding carboxylic acids is 1. The summed E-state index contributed by atoms with van der Waals surface area (Å²) in [7, 11) is 0. The third-order valence-electron chi connectivity index (χ3n) is 4.80. The molecule has 3 N–H and O–H groups in total. The number of carbonyl (C=O) groups is 1. The third kappa shape index (κ3) is 5.15. The van der Waals surface area contributed by atoms with Crippen LogP contribution in [-0.4, -0.2) is 39.6 Å². The fraction of sp³-hybridized carbons (Fsp3) is 0.350. The third-order valence-corrected chi connectivity index (χ3v) is 5.84. The molecule has 154 valence electrons. The first kappa shape index (κ1) is 21.7. The molecule has 0 aliphatic carbocycles. The van der Waals surface area contributed by atoms with Crippen LogP contribution < -0.4 is 10.5 Å². The summed E-state index contributed by atoms with van der Waals surface area (Å²) in [6.45, 7) is 2.46. The molecule has 1 aromatic heterocycles. The van der Waals surface area contributed by atoms with Crippen molar-refractivity contribution >= 4 is 52.8 Å². The number of benzene rings is 1. The second kappa shape index (κ2) is 9.69. The van der Waals surface area contributed by atoms with Crippen LogP contribution in [0.2, 0.25) is 10.2 Å². The van der Waals surface area contributed by atoms with Gasteiger partial charge in [-0.3, -0.25) is 4.79 Å². The van der Waals surface area contributed by atoms with Crippen molar-refractivity contribution in [2.45, 2.75) is 32.2 Å². The Hall–Kier alpha value is -1.96. The Balaban J connectivity index is 1.91. The first-order chi connectivity index (χ1) is 13.9. The largest absolute Gasteiger partial charge is 0.400 e. The molecule has 0 radical (unpaired) electrons. The number of nitrogens with two attached hydrogens (primary N) is 1. The summed E-state index contributed by atoms with van der Waals surface area (Å²) in [4.78, 5) is 23.7. The van der Waals surface area contributed by atoms with Crippen LogP contribution in [0, 0.1) is 6.92 Å². The van der Waals surface area contributed by atoms with Crippen molar-refractivity contribution in [3.05, 3.63) is 57.2 Å². The summed E-state index contributed by atoms with van der Waals surface area (Å²) >= 11 is 13.7. The van der Waals surface area contributed by atoms with Crippen molar-refractivity contribution in [3.8, 4) is 0 Å². The number of aromatic nitrogens is 2. The first-order valence-corrected chi connectivity index (χ1v) is 11.2. The Labute approximate surface area is 185 Å². The zero-order valence-corrected chi connectivity index (χ0v) is 18.6. The summed E-state index contributed by atoms with van der Waals surface area (Å²) < 4.78 is 3.15. The van der Waals surface area contributed by atoms with E-state index in [2.05, 4.69) is 14.7 Å². The quantitative estimate of drug-likeness (QED) is 0.502. The highest BCUT2D eigenvalue weighted by atomic mass is 35.5. The van der Waals surface area contributed by atoms with Gasteiger partial charge >= 0.3 is 0 Å². The average molecular weight is 452 g/mol. The SMILES string of the molecule is CSNc1ccc(Cl)cc1C(=O)N1CCCC[C@H]1C(N)=Cc1ncc(C)c(Cl)n1. The minimum Gasteiger partial charge on any atom is -0.400 e. The van der Waals surface area contributed by atoms with E-state index in [1.165, 1.54) is 11.9 Å². The monoisotopic (exact) mass is 451 g/mol. The van der Waals surface area contributed by atoms with Gasteiger partial charge in [-0.15, -0.1) is 0 Å². The molecule has 0 unspecified atom stereocenters. The van der Waals surface area contributed by atoms with E-state index in [4.69, 9.17) is 28.9 Å². The molecule has 1 aliphatic rings. The minimum atomic E-state index is -0.235. The Morgan fingerprint density at radius 2 is 2.17 bits per heavy atom. The molecule has 1 atom stereocenters. The van der Waals surface area contributed by atoms with E-state index in [-0.39, 0.29) is 11.9 Å². The van der Waals surface area contributed by atoms with Gasteiger partial charge in [-0.05, 0) is 44.4 Å². The average Bonchev–Trinajstić information content (AvgIpc) is 2.71. The highest BCUT2D eigenvalue weighted by Gasteiger charge is 2.30. The zero-order chi connectivity index (χ0) is 21.0. The summed E-state index contributed by atoms with van der Waals surface area (Å²) in [5.74, 6) is 0.330. The van der Waals surface area contributed by atoms with E-state index < -0.39 is 0 Å². The van der Waals surface area contributed by atoms with Gasteiger partial charge in [-0.2, -0.15) is 0 Å². The van der Waals surface area contributed by atoms with Crippen molar-refractivity contribution in [1.29, 1.82) is 0 Å². The first-order valence-electron chi connectivity index (χ1n) is 9.26. The molecule has 1 aliphatic heterocycles. The maximum absolute atomic E-state index is 13.4. The molecule has 1 fully saturated rings. The van der Waals surface area contributed by atoms with Crippen molar-refractivity contribution in [2.75, 3.05) is 17.5 Å². The fourth-order valence-corrected chi connectivity index (χ4v) is 4.02. The van der Waals surface area contributed by atoms with Crippen molar-refractivity contribution in [3.63, 3.8) is 0 Å². The van der Waals surface area contributed by atoms with Crippen LogP contribution in [0.3, 0.4) is 0 Å². The summed E-state index contributed by atoms with van der Waals surface area (Å²) in [6, 6.07) is 5.03. The predicted molar refractivity (Wildman–Crippen MR) is 121 cm³/mol. The molecule has 29 heavy (non-hydrogen) atoms. The van der Waals surface area contributed by atoms with Crippen LogP contribution in [0.15, 0.2) is 30.1 Å². The molecule has 6 nitrogen and oxygen atoms in total. The molecular weight excluding hydrogens is 429 g/mol. The fourth-order valence-electron chi connectivity index (χ4n) is 3.32. The van der Waals surface area contributed by atoms with Crippen LogP contribution >= 0.6 is 35.1 Å². The van der Waals surface area contributed by atoms with E-state index in [1.807, 2.05) is 24.1 Å². The van der Waals surface area contributed by atoms with Gasteiger partial charge in [0.1, 0.15) is 5.15 Å². The number of likely N-dealkylation sites (tertiary alicyclic amines) is 1. The molecule has 1 amide bonds. The van der Waals surface area contributed by atoms with Crippen molar-refractivity contribution in [1.82, 2.24) is 14.9 Å². The minimum absolute atomic E-state index is 0.104. The number of hydrogen-bond donors (Lipinski definition) is 2. The molecule has 2 aromatic rings. The number of anilines is 1. The Bertz CT molecular complexity index is 937. The van der Waals surface area contributed by atoms with Gasteiger partial charge in [0.05, 0.1) is 17.3 Å². The Morgan fingerprint density at radius 1 is 1.38 bits per heavy atom. The number of aryl methyl sites for hydroxylation is 1. The van der Waals surface area contributed by atoms with Gasteiger partial charge in [0.2, 0.25) is 0 Å². The van der Waals surface area contributed by atoms with E-state index in [1.54, 1.807) is 24.4 Å². The van der Waals surface area contributed by atoms with Crippen LogP contribution in [0.4, 0.5) is 5.69 Å². The second-order valence-corrected chi connectivity index (χ2v) is 8.26. The smallest absolute Gasteiger partial charge is 0.256 e. The van der Waals surface area contributed by atoms with Gasteiger partial charge in [-0.25, -0.2) is 9.97 Å².